The zero-order valence-corrected chi connectivity index (χ0v) is 64.8. The van der Waals surface area contributed by atoms with Crippen molar-refractivity contribution in [1.82, 2.24) is 59.8 Å². The second kappa shape index (κ2) is 31.8. The van der Waals surface area contributed by atoms with Gasteiger partial charge >= 0.3 is 6.18 Å². The molecule has 3 N–H and O–H groups in total. The minimum absolute atomic E-state index is 0.353. The molecule has 0 spiro atoms. The van der Waals surface area contributed by atoms with E-state index in [-0.39, 0.29) is 0 Å². The molecule has 0 bridgehead atoms. The maximum atomic E-state index is 13.2. The summed E-state index contributed by atoms with van der Waals surface area (Å²) in [5.74, 6) is 9.10. The summed E-state index contributed by atoms with van der Waals surface area (Å²) in [5, 5.41) is 0. The predicted octanol–water partition coefficient (Wildman–Crippen LogP) is 18.9. The van der Waals surface area contributed by atoms with Gasteiger partial charge in [-0.15, -0.1) is 0 Å². The standard InChI is InChI=1S/C31H33N5O2.C31H33N5O.C29H26F3N5/c1-19-8-9-23(17-28(19)38-4)29-20(2)34-30(35-29)21-10-12-36(13-11-21)31-26-15-24(16-27(26)32-18-33-31)22-6-5-7-25(14-22)37-3;1-19-5-8-22(9-6-19)25-15-26-27(16-25)32-18-33-31(26)36-13-11-23(12-14-36)30-34-21(3)29(35-30)24-10-7-20(2)28(17-24)37-4;1-18-27(19-5-3-2-4-6-19)36-28(35-18)20-9-13-37(14-10-20)25-8-12-33-24-16-22(15-23(24)25)21-7-11-34-26(17-21)29(30,31)32/h5-9,14-15,17-18,21H,10-13,16H2,1-4H3,(H,34,35);5-10,15,17-18,23H,11-14,16H2,1-4H3,(H,34,35);2-8,11-12,15,17,20H,9-10,13-14,16H2,1H3,(H,35,36). The van der Waals surface area contributed by atoms with Gasteiger partial charge in [-0.2, -0.15) is 13.2 Å². The molecule has 10 heterocycles. The van der Waals surface area contributed by atoms with E-state index in [9.17, 15) is 13.2 Å². The molecular formula is C91H92F3N15O3. The van der Waals surface area contributed by atoms with Crippen molar-refractivity contribution in [3.8, 4) is 51.0 Å². The number of hydrogen-bond acceptors (Lipinski definition) is 15. The van der Waals surface area contributed by atoms with Crippen molar-refractivity contribution in [3.63, 3.8) is 0 Å². The Morgan fingerprint density at radius 2 is 0.830 bits per heavy atom. The van der Waals surface area contributed by atoms with Gasteiger partial charge in [-0.3, -0.25) is 9.97 Å². The Hall–Kier alpha value is -12.0. The number of allylic oxidation sites excluding steroid dienone is 3. The van der Waals surface area contributed by atoms with Crippen LogP contribution in [0.25, 0.3) is 68.7 Å². The van der Waals surface area contributed by atoms with Crippen LogP contribution in [-0.4, -0.2) is 120 Å². The van der Waals surface area contributed by atoms with Crippen LogP contribution < -0.4 is 28.9 Å². The lowest BCUT2D eigenvalue weighted by molar-refractivity contribution is -0.141. The highest BCUT2D eigenvalue weighted by Gasteiger charge is 2.35. The molecule has 7 aromatic heterocycles. The number of benzene rings is 5. The van der Waals surface area contributed by atoms with E-state index in [0.29, 0.717) is 29.7 Å². The van der Waals surface area contributed by atoms with Gasteiger partial charge < -0.3 is 43.9 Å². The SMILES string of the molecule is COc1cc(-c2nc(C3CCN(c4ncnc5c4C=C(c4ccc(C)cc4)C5)CC3)[nH]c2C)ccc1C.COc1cccc(C2=Cc3c(ncnc3N3CCC(c4nc(-c5ccc(C)c(OC)c5)c(C)[nH]4)CC3)C2)c1.Cc1[nH]c(C2CCN(c3ccnc4c3C=C(c3ccnc(C(F)(F)F)c3)C4)CC2)nc1-c1ccccc1. The smallest absolute Gasteiger partial charge is 0.433 e. The number of aromatic amines is 3. The van der Waals surface area contributed by atoms with E-state index in [4.69, 9.17) is 39.1 Å². The highest BCUT2D eigenvalue weighted by molar-refractivity contribution is 5.94. The summed E-state index contributed by atoms with van der Waals surface area (Å²) in [7, 11) is 5.13. The number of halogens is 3. The number of H-pyrrole nitrogens is 3. The van der Waals surface area contributed by atoms with E-state index in [1.54, 1.807) is 46.2 Å². The minimum atomic E-state index is -4.47. The number of pyridine rings is 2. The molecule has 3 aliphatic heterocycles. The van der Waals surface area contributed by atoms with E-state index in [1.165, 1.54) is 39.6 Å². The summed E-state index contributed by atoms with van der Waals surface area (Å²) in [6.45, 7) is 18.0. The minimum Gasteiger partial charge on any atom is -0.497 e. The van der Waals surface area contributed by atoms with Crippen LogP contribution in [0.5, 0.6) is 17.2 Å². The second-order valence-corrected chi connectivity index (χ2v) is 30.2. The molecule has 18 nitrogen and oxygen atoms in total. The Kier molecular flexibility index (Phi) is 21.0. The summed E-state index contributed by atoms with van der Waals surface area (Å²) in [5.41, 5.74) is 26.2. The fourth-order valence-electron chi connectivity index (χ4n) is 16.7. The first-order chi connectivity index (χ1) is 54.4. The van der Waals surface area contributed by atoms with Crippen LogP contribution in [0, 0.1) is 41.5 Å². The van der Waals surface area contributed by atoms with Crippen molar-refractivity contribution < 1.29 is 27.4 Å². The van der Waals surface area contributed by atoms with Crippen LogP contribution in [0.2, 0.25) is 0 Å². The molecule has 112 heavy (non-hydrogen) atoms. The van der Waals surface area contributed by atoms with Crippen LogP contribution in [-0.2, 0) is 25.4 Å². The third-order valence-electron chi connectivity index (χ3n) is 23.0. The normalized spacial score (nSPS) is 15.7. The molecule has 3 aliphatic carbocycles. The number of fused-ring (bicyclic) bond motifs is 3. The van der Waals surface area contributed by atoms with Crippen molar-refractivity contribution >= 4 is 52.3 Å². The molecule has 3 saturated heterocycles. The lowest BCUT2D eigenvalue weighted by Crippen LogP contribution is -2.34. The molecule has 0 saturated carbocycles. The molecule has 0 amide bonds. The van der Waals surface area contributed by atoms with Crippen LogP contribution in [0.4, 0.5) is 30.5 Å². The van der Waals surface area contributed by atoms with E-state index >= 15 is 0 Å². The zero-order valence-electron chi connectivity index (χ0n) is 64.8. The number of anilines is 3. The number of methoxy groups -OCH3 is 3. The van der Waals surface area contributed by atoms with Gasteiger partial charge in [0.05, 0.1) is 55.5 Å². The lowest BCUT2D eigenvalue weighted by Gasteiger charge is -2.33. The molecule has 18 rings (SSSR count). The summed E-state index contributed by atoms with van der Waals surface area (Å²) < 4.78 is 56.0. The Bertz CT molecular complexity index is 5540. The number of imidazole rings is 3. The maximum absolute atomic E-state index is 13.2. The van der Waals surface area contributed by atoms with Gasteiger partial charge in [-0.05, 0) is 185 Å². The number of ether oxygens (including phenoxy) is 3. The van der Waals surface area contributed by atoms with Crippen molar-refractivity contribution in [1.29, 1.82) is 0 Å². The second-order valence-electron chi connectivity index (χ2n) is 30.2. The van der Waals surface area contributed by atoms with Crippen molar-refractivity contribution in [2.24, 2.45) is 0 Å². The van der Waals surface area contributed by atoms with Crippen molar-refractivity contribution in [2.75, 3.05) is 75.3 Å². The predicted molar refractivity (Wildman–Crippen MR) is 438 cm³/mol. The fraction of sp³-hybridized carbons (Fsp3) is 0.308. The number of nitrogens with one attached hydrogen (secondary N) is 3. The van der Waals surface area contributed by atoms with Gasteiger partial charge in [-0.1, -0.05) is 96.6 Å². The van der Waals surface area contributed by atoms with E-state index in [0.717, 1.165) is 245 Å². The first-order valence-corrected chi connectivity index (χ1v) is 38.7. The average Bonchev–Trinajstić information content (AvgIpc) is 1.63. The molecule has 6 aliphatic rings. The highest BCUT2D eigenvalue weighted by atomic mass is 19.4. The van der Waals surface area contributed by atoms with Gasteiger partial charge in [0, 0.05) is 145 Å². The van der Waals surface area contributed by atoms with Crippen molar-refractivity contribution in [3.05, 3.63) is 266 Å². The summed E-state index contributed by atoms with van der Waals surface area (Å²) in [6, 6.07) is 44.6. The monoisotopic (exact) mass is 1500 g/mol. The molecule has 570 valence electrons. The molecule has 21 heteroatoms. The molecular weight excluding hydrogens is 1410 g/mol. The van der Waals surface area contributed by atoms with E-state index in [1.807, 2.05) is 42.5 Å². The topological polar surface area (TPSA) is 201 Å². The Balaban J connectivity index is 0.000000127. The fourth-order valence-corrected chi connectivity index (χ4v) is 16.7. The largest absolute Gasteiger partial charge is 0.497 e. The molecule has 5 aromatic carbocycles. The van der Waals surface area contributed by atoms with Gasteiger partial charge in [0.1, 0.15) is 64.7 Å². The third kappa shape index (κ3) is 15.5. The van der Waals surface area contributed by atoms with Gasteiger partial charge in [0.25, 0.3) is 0 Å². The zero-order chi connectivity index (χ0) is 77.3. The highest BCUT2D eigenvalue weighted by Crippen LogP contribution is 2.44. The molecule has 12 aromatic rings. The summed E-state index contributed by atoms with van der Waals surface area (Å²) in [4.78, 5) is 59.6. The van der Waals surface area contributed by atoms with Gasteiger partial charge in [-0.25, -0.2) is 34.9 Å². The van der Waals surface area contributed by atoms with Crippen LogP contribution in [0.1, 0.15) is 164 Å². The molecule has 3 fully saturated rings. The maximum Gasteiger partial charge on any atom is 0.433 e. The number of rotatable bonds is 15. The summed E-state index contributed by atoms with van der Waals surface area (Å²) >= 11 is 0. The van der Waals surface area contributed by atoms with Gasteiger partial charge in [0.15, 0.2) is 0 Å². The average molecular weight is 1500 g/mol. The Labute approximate surface area is 651 Å². The number of nitrogens with zero attached hydrogens (tertiary/aromatic N) is 12. The van der Waals surface area contributed by atoms with Crippen LogP contribution >= 0.6 is 0 Å². The number of hydrogen-bond donors (Lipinski definition) is 3. The lowest BCUT2D eigenvalue weighted by atomic mass is 9.95. The van der Waals surface area contributed by atoms with Crippen molar-refractivity contribution in [2.45, 2.75) is 123 Å². The van der Waals surface area contributed by atoms with Crippen LogP contribution in [0.3, 0.4) is 0 Å². The number of aromatic nitrogens is 12. The number of alkyl halides is 3. The number of aryl methyl sites for hydroxylation is 6. The van der Waals surface area contributed by atoms with Gasteiger partial charge in [0.2, 0.25) is 0 Å². The Morgan fingerprint density at radius 1 is 0.393 bits per heavy atom. The number of piperidine rings is 3. The van der Waals surface area contributed by atoms with E-state index < -0.39 is 11.9 Å². The molecule has 0 radical (unpaired) electrons. The van der Waals surface area contributed by atoms with Crippen LogP contribution in [0.15, 0.2) is 159 Å². The molecule has 0 unspecified atom stereocenters. The quantitative estimate of drug-likeness (QED) is 0.0874. The van der Waals surface area contributed by atoms with E-state index in [2.05, 4.69) is 188 Å². The summed E-state index contributed by atoms with van der Waals surface area (Å²) in [6.07, 6.45) is 16.8. The third-order valence-corrected chi connectivity index (χ3v) is 23.0. The Morgan fingerprint density at radius 3 is 1.32 bits per heavy atom. The first-order valence-electron chi connectivity index (χ1n) is 38.7. The first kappa shape index (κ1) is 74.1. The molecule has 0 atom stereocenters.